The minimum absolute atomic E-state index is 0.0719. The summed E-state index contributed by atoms with van der Waals surface area (Å²) in [7, 11) is 0. The molecule has 6 amide bonds. The van der Waals surface area contributed by atoms with E-state index in [1.165, 1.54) is 27.7 Å². The Bertz CT molecular complexity index is 703. The first-order chi connectivity index (χ1) is 16.0. The summed E-state index contributed by atoms with van der Waals surface area (Å²) in [5.74, 6) is -1.86. The number of nitrogens with one attached hydrogen (secondary N) is 6. The van der Waals surface area contributed by atoms with Gasteiger partial charge in [0.05, 0.1) is 37.6 Å². The largest absolute Gasteiger partial charge is 0.351 e. The van der Waals surface area contributed by atoms with Gasteiger partial charge in [-0.1, -0.05) is 0 Å². The molecule has 0 spiro atoms. The molecule has 0 aliphatic rings. The molecule has 0 aromatic heterocycles. The Kier molecular flexibility index (Phi) is 15.7. The number of hydrogen-bond donors (Lipinski definition) is 6. The maximum atomic E-state index is 12.0. The van der Waals surface area contributed by atoms with E-state index in [1.807, 2.05) is 0 Å². The van der Waals surface area contributed by atoms with Gasteiger partial charge in [0.25, 0.3) is 0 Å². The molecule has 0 saturated carbocycles. The number of carbonyl (C=O) groups excluding carboxylic acids is 6. The second-order valence-corrected chi connectivity index (χ2v) is 7.27. The highest BCUT2D eigenvalue weighted by Gasteiger charge is 2.07. The van der Waals surface area contributed by atoms with Crippen LogP contribution in [0.2, 0.25) is 0 Å². The molecule has 0 unspecified atom stereocenters. The lowest BCUT2D eigenvalue weighted by atomic mass is 10.2. The molecule has 0 aliphatic carbocycles. The Hall–Kier alpha value is -3.84. The standard InChI is InChI=1S/C20H34N8O6/c1-13(29)21-9-17(10-22-14(2)30)25-27-19(33)7-5-6-8-20(34)28-26-18(11-23-15(3)31)12-24-16(4)32/h5-12H2,1-4H3,(H,21,29)(H,22,30)(H,23,31)(H,24,32)(H,27,33)(H,28,34). The quantitative estimate of drug-likeness (QED) is 0.0888. The Balaban J connectivity index is 4.44. The van der Waals surface area contributed by atoms with Crippen molar-refractivity contribution in [3.63, 3.8) is 0 Å². The molecule has 0 heterocycles. The summed E-state index contributed by atoms with van der Waals surface area (Å²) in [6.07, 6.45) is 1.06. The lowest BCUT2D eigenvalue weighted by Crippen LogP contribution is -2.37. The number of hydrazone groups is 2. The average molecular weight is 483 g/mol. The molecule has 0 rings (SSSR count). The van der Waals surface area contributed by atoms with E-state index in [-0.39, 0.29) is 74.5 Å². The third-order valence-corrected chi connectivity index (χ3v) is 3.90. The van der Waals surface area contributed by atoms with Crippen LogP contribution in [0.4, 0.5) is 0 Å². The summed E-state index contributed by atoms with van der Waals surface area (Å²) in [5.41, 5.74) is 5.45. The molecule has 0 aliphatic heterocycles. The smallest absolute Gasteiger partial charge is 0.240 e. The van der Waals surface area contributed by atoms with Crippen molar-refractivity contribution in [2.75, 3.05) is 26.2 Å². The van der Waals surface area contributed by atoms with Crippen molar-refractivity contribution >= 4 is 46.9 Å². The van der Waals surface area contributed by atoms with Crippen LogP contribution in [0.15, 0.2) is 10.2 Å². The van der Waals surface area contributed by atoms with E-state index in [9.17, 15) is 28.8 Å². The number of nitrogens with zero attached hydrogens (tertiary/aromatic N) is 2. The average Bonchev–Trinajstić information content (AvgIpc) is 2.74. The summed E-state index contributed by atoms with van der Waals surface area (Å²) in [4.78, 5) is 68.1. The maximum absolute atomic E-state index is 12.0. The van der Waals surface area contributed by atoms with E-state index in [1.54, 1.807) is 0 Å². The van der Waals surface area contributed by atoms with Crippen LogP contribution >= 0.6 is 0 Å². The van der Waals surface area contributed by atoms with Crippen LogP contribution in [0, 0.1) is 0 Å². The van der Waals surface area contributed by atoms with Gasteiger partial charge in [-0.3, -0.25) is 28.8 Å². The summed E-state index contributed by atoms with van der Waals surface area (Å²) >= 11 is 0. The molecule has 0 fully saturated rings. The highest BCUT2D eigenvalue weighted by Crippen LogP contribution is 2.00. The molecule has 0 saturated heterocycles. The van der Waals surface area contributed by atoms with Gasteiger partial charge in [-0.25, -0.2) is 10.9 Å². The van der Waals surface area contributed by atoms with Gasteiger partial charge < -0.3 is 21.3 Å². The molecule has 0 aromatic rings. The van der Waals surface area contributed by atoms with E-state index in [0.717, 1.165) is 0 Å². The van der Waals surface area contributed by atoms with Crippen LogP contribution in [-0.4, -0.2) is 73.0 Å². The molecule has 0 radical (unpaired) electrons. The summed E-state index contributed by atoms with van der Waals surface area (Å²) in [5, 5.41) is 18.0. The summed E-state index contributed by atoms with van der Waals surface area (Å²) in [6.45, 7) is 5.63. The Labute approximate surface area is 198 Å². The van der Waals surface area contributed by atoms with Gasteiger partial charge in [-0.05, 0) is 12.8 Å². The van der Waals surface area contributed by atoms with E-state index < -0.39 is 0 Å². The molecule has 6 N–H and O–H groups in total. The predicted octanol–water partition coefficient (Wildman–Crippen LogP) is -1.96. The number of unbranched alkanes of at least 4 members (excludes halogenated alkanes) is 1. The van der Waals surface area contributed by atoms with Crippen molar-refractivity contribution in [2.24, 2.45) is 10.2 Å². The normalized spacial score (nSPS) is 9.65. The van der Waals surface area contributed by atoms with Crippen molar-refractivity contribution in [3.8, 4) is 0 Å². The monoisotopic (exact) mass is 482 g/mol. The zero-order valence-electron chi connectivity index (χ0n) is 20.0. The Morgan fingerprint density at radius 3 is 1.00 bits per heavy atom. The van der Waals surface area contributed by atoms with Gasteiger partial charge >= 0.3 is 0 Å². The fraction of sp³-hybridized carbons (Fsp3) is 0.600. The van der Waals surface area contributed by atoms with E-state index >= 15 is 0 Å². The van der Waals surface area contributed by atoms with Crippen molar-refractivity contribution < 1.29 is 28.8 Å². The highest BCUT2D eigenvalue weighted by atomic mass is 16.2. The lowest BCUT2D eigenvalue weighted by molar-refractivity contribution is -0.123. The molecular weight excluding hydrogens is 448 g/mol. The third kappa shape index (κ3) is 18.9. The minimum Gasteiger partial charge on any atom is -0.351 e. The maximum Gasteiger partial charge on any atom is 0.240 e. The van der Waals surface area contributed by atoms with Crippen molar-refractivity contribution in [2.45, 2.75) is 53.4 Å². The van der Waals surface area contributed by atoms with Gasteiger partial charge in [0.15, 0.2) is 0 Å². The fourth-order valence-electron chi connectivity index (χ4n) is 2.15. The minimum atomic E-state index is -0.380. The molecule has 0 aromatic carbocycles. The van der Waals surface area contributed by atoms with Crippen LogP contribution in [0.3, 0.4) is 0 Å². The topological polar surface area (TPSA) is 199 Å². The Morgan fingerprint density at radius 2 is 0.765 bits per heavy atom. The van der Waals surface area contributed by atoms with Gasteiger partial charge in [-0.15, -0.1) is 0 Å². The zero-order chi connectivity index (χ0) is 25.9. The van der Waals surface area contributed by atoms with E-state index in [2.05, 4.69) is 42.3 Å². The second-order valence-electron chi connectivity index (χ2n) is 7.27. The second kappa shape index (κ2) is 17.7. The van der Waals surface area contributed by atoms with Crippen LogP contribution in [0.5, 0.6) is 0 Å². The van der Waals surface area contributed by atoms with Gasteiger partial charge in [0.2, 0.25) is 35.4 Å². The number of amides is 6. The molecular formula is C20H34N8O6. The van der Waals surface area contributed by atoms with Gasteiger partial charge in [0, 0.05) is 40.5 Å². The first-order valence-electron chi connectivity index (χ1n) is 10.7. The van der Waals surface area contributed by atoms with Gasteiger partial charge in [-0.2, -0.15) is 10.2 Å². The Morgan fingerprint density at radius 1 is 0.500 bits per heavy atom. The number of hydrogen-bond acceptors (Lipinski definition) is 8. The van der Waals surface area contributed by atoms with Crippen molar-refractivity contribution in [1.82, 2.24) is 32.1 Å². The third-order valence-electron chi connectivity index (χ3n) is 3.90. The van der Waals surface area contributed by atoms with E-state index in [4.69, 9.17) is 0 Å². The van der Waals surface area contributed by atoms with Crippen molar-refractivity contribution in [1.29, 1.82) is 0 Å². The molecule has 14 nitrogen and oxygen atoms in total. The molecule has 190 valence electrons. The first-order valence-corrected chi connectivity index (χ1v) is 10.7. The van der Waals surface area contributed by atoms with Gasteiger partial charge in [0.1, 0.15) is 0 Å². The summed E-state index contributed by atoms with van der Waals surface area (Å²) in [6, 6.07) is 0. The number of carbonyl (C=O) groups is 6. The lowest BCUT2D eigenvalue weighted by Gasteiger charge is -2.09. The van der Waals surface area contributed by atoms with Crippen LogP contribution in [0.25, 0.3) is 0 Å². The zero-order valence-corrected chi connectivity index (χ0v) is 20.0. The van der Waals surface area contributed by atoms with Crippen LogP contribution < -0.4 is 32.1 Å². The molecule has 14 heteroatoms. The van der Waals surface area contributed by atoms with Crippen LogP contribution in [0.1, 0.15) is 53.4 Å². The predicted molar refractivity (Wildman–Crippen MR) is 124 cm³/mol. The SMILES string of the molecule is CC(=O)NCC(CNC(C)=O)=NNC(=O)CCCCC(=O)NN=C(CNC(C)=O)CNC(C)=O. The fourth-order valence-corrected chi connectivity index (χ4v) is 2.15. The van der Waals surface area contributed by atoms with Crippen molar-refractivity contribution in [3.05, 3.63) is 0 Å². The summed E-state index contributed by atoms with van der Waals surface area (Å²) < 4.78 is 0. The molecule has 34 heavy (non-hydrogen) atoms. The highest BCUT2D eigenvalue weighted by molar-refractivity contribution is 5.94. The molecule has 0 atom stereocenters. The first kappa shape index (κ1) is 30.2. The van der Waals surface area contributed by atoms with E-state index in [0.29, 0.717) is 24.3 Å². The van der Waals surface area contributed by atoms with Crippen LogP contribution in [-0.2, 0) is 28.8 Å². The molecule has 0 bridgehead atoms. The number of rotatable bonds is 15.